The molecule has 0 radical (unpaired) electrons. The highest BCUT2D eigenvalue weighted by Crippen LogP contribution is 2.25. The molecule has 2 saturated heterocycles. The average Bonchev–Trinajstić information content (AvgIpc) is 1.72. The van der Waals surface area contributed by atoms with Crippen LogP contribution in [0.1, 0.15) is 108 Å². The number of hydrogen-bond acceptors (Lipinski definition) is 25. The van der Waals surface area contributed by atoms with E-state index in [0.717, 1.165) is 11.8 Å². The number of H-pyrrole nitrogens is 2. The van der Waals surface area contributed by atoms with E-state index < -0.39 is 231 Å². The molecule has 4 heterocycles. The number of carbonyl (C=O) groups excluding carboxylic acids is 15. The summed E-state index contributed by atoms with van der Waals surface area (Å²) in [6.45, 7) is 0.809. The first-order valence-electron chi connectivity index (χ1n) is 40.8. The maximum absolute atomic E-state index is 15.0. The fourth-order valence-electron chi connectivity index (χ4n) is 14.1. The Hall–Kier alpha value is -13.0. The number of unbranched alkanes of at least 4 members (excludes halogenated alkanes) is 1. The van der Waals surface area contributed by atoms with Gasteiger partial charge in [-0.1, -0.05) is 74.5 Å². The minimum atomic E-state index is -1.96. The summed E-state index contributed by atoms with van der Waals surface area (Å²) < 4.78 is 0. The van der Waals surface area contributed by atoms with E-state index in [1.54, 1.807) is 74.6 Å². The van der Waals surface area contributed by atoms with Gasteiger partial charge in [-0.3, -0.25) is 76.7 Å². The van der Waals surface area contributed by atoms with Gasteiger partial charge in [0.15, 0.2) is 0 Å². The maximum Gasteiger partial charge on any atom is 0.326 e. The first-order valence-corrected chi connectivity index (χ1v) is 40.8. The molecule has 15 atom stereocenters. The van der Waals surface area contributed by atoms with Gasteiger partial charge in [0, 0.05) is 62.1 Å². The number of benzene rings is 3. The SMILES string of the molecule is CC(C)C[C@H](NC(=O)[C@@H]1CCCN1C(=O)[C@H](C)N)C(=O)N[C@@H](CO)C(=O)N[C@@H](CC(=O)O)C(=O)NCC(=O)N[C@@H](CCCCN)C(=O)N[C@H](C(=O)NCC(=O)N[C@@H](CO)C(=O)N[C@@H](CO)C(=O)N[C@@H](Cc1ccc(O)cc1)C(=O)N1CCC[C@H]1C(=O)N[C@@H](Cc1c[nH]cn1)C(=O)N[C@@H](Cc1c[nH]c2ccccc12)C(=O)N[C@@H](Cc1ccccc1)C(=O)O)[C@@H](C)O. The van der Waals surface area contributed by atoms with E-state index in [1.807, 2.05) is 0 Å². The van der Waals surface area contributed by atoms with Crippen molar-refractivity contribution in [1.29, 1.82) is 0 Å². The summed E-state index contributed by atoms with van der Waals surface area (Å²) in [4.78, 5) is 245. The number of aromatic nitrogens is 3. The first-order chi connectivity index (χ1) is 59.5. The molecule has 0 bridgehead atoms. The summed E-state index contributed by atoms with van der Waals surface area (Å²) in [5, 5.41) is 103. The van der Waals surface area contributed by atoms with Crippen molar-refractivity contribution in [1.82, 2.24) is 93.9 Å². The van der Waals surface area contributed by atoms with Gasteiger partial charge in [-0.05, 0) is 113 Å². The van der Waals surface area contributed by atoms with E-state index in [2.05, 4.69) is 84.1 Å². The number of para-hydroxylation sites is 1. The predicted octanol–water partition coefficient (Wildman–Crippen LogP) is -7.15. The van der Waals surface area contributed by atoms with Gasteiger partial charge in [-0.15, -0.1) is 0 Å². The Balaban J connectivity index is 0.952. The molecule has 2 aromatic heterocycles. The monoisotopic (exact) mass is 1750 g/mol. The minimum absolute atomic E-state index is 0.0161. The molecule has 44 nitrogen and oxygen atoms in total. The number of phenolic OH excluding ortho intramolecular Hbond substituents is 1. The normalized spacial score (nSPS) is 16.8. The van der Waals surface area contributed by atoms with E-state index in [4.69, 9.17) is 11.5 Å². The number of aliphatic hydroxyl groups excluding tert-OH is 4. The van der Waals surface area contributed by atoms with Gasteiger partial charge in [0.25, 0.3) is 0 Å². The molecule has 0 aliphatic carbocycles. The molecule has 0 unspecified atom stereocenters. The maximum atomic E-state index is 15.0. The van der Waals surface area contributed by atoms with Crippen molar-refractivity contribution in [3.8, 4) is 5.75 Å². The molecule has 2 aliphatic rings. The van der Waals surface area contributed by atoms with Crippen molar-refractivity contribution in [2.75, 3.05) is 52.5 Å². The Morgan fingerprint density at radius 3 is 1.52 bits per heavy atom. The predicted molar refractivity (Wildman–Crippen MR) is 442 cm³/mol. The Kier molecular flexibility index (Phi) is 38.6. The summed E-state index contributed by atoms with van der Waals surface area (Å²) in [7, 11) is 0. The summed E-state index contributed by atoms with van der Waals surface area (Å²) >= 11 is 0. The molecule has 680 valence electrons. The molecule has 0 saturated carbocycles. The zero-order chi connectivity index (χ0) is 91.7. The van der Waals surface area contributed by atoms with Crippen molar-refractivity contribution in [2.45, 2.75) is 202 Å². The van der Waals surface area contributed by atoms with Gasteiger partial charge in [0.2, 0.25) is 88.6 Å². The molecule has 0 spiro atoms. The second kappa shape index (κ2) is 48.7. The molecule has 2 fully saturated rings. The molecule has 26 N–H and O–H groups in total. The highest BCUT2D eigenvalue weighted by molar-refractivity contribution is 6.01. The highest BCUT2D eigenvalue weighted by atomic mass is 16.4. The molecule has 5 aromatic rings. The Morgan fingerprint density at radius 2 is 0.976 bits per heavy atom. The molecular weight excluding hydrogens is 1640 g/mol. The summed E-state index contributed by atoms with van der Waals surface area (Å²) in [6, 6.07) is -0.547. The fraction of sp³-hybridized carbons (Fsp3) is 0.506. The van der Waals surface area contributed by atoms with Gasteiger partial charge in [0.1, 0.15) is 84.3 Å². The molecule has 15 amide bonds. The molecule has 125 heavy (non-hydrogen) atoms. The number of carboxylic acid groups (broad SMARTS) is 2. The lowest BCUT2D eigenvalue weighted by Gasteiger charge is -2.31. The van der Waals surface area contributed by atoms with Crippen LogP contribution in [-0.2, 0) is 107 Å². The van der Waals surface area contributed by atoms with Gasteiger partial charge in [-0.25, -0.2) is 9.78 Å². The van der Waals surface area contributed by atoms with Crippen LogP contribution in [0.4, 0.5) is 0 Å². The fourth-order valence-corrected chi connectivity index (χ4v) is 14.1. The Bertz CT molecular complexity index is 4570. The van der Waals surface area contributed by atoms with E-state index >= 15 is 0 Å². The topological polar surface area (TPSA) is 691 Å². The second-order valence-electron chi connectivity index (χ2n) is 30.8. The zero-order valence-electron chi connectivity index (χ0n) is 69.4. The van der Waals surface area contributed by atoms with Crippen LogP contribution in [0.3, 0.4) is 0 Å². The van der Waals surface area contributed by atoms with Crippen molar-refractivity contribution < 1.29 is 117 Å². The van der Waals surface area contributed by atoms with E-state index in [0.29, 0.717) is 34.0 Å². The third-order valence-corrected chi connectivity index (χ3v) is 20.6. The van der Waals surface area contributed by atoms with Crippen LogP contribution >= 0.6 is 0 Å². The van der Waals surface area contributed by atoms with Crippen LogP contribution in [0.5, 0.6) is 5.75 Å². The number of aliphatic hydroxyl groups is 4. The van der Waals surface area contributed by atoms with Gasteiger partial charge >= 0.3 is 11.9 Å². The first kappa shape index (κ1) is 99.1. The van der Waals surface area contributed by atoms with Crippen molar-refractivity contribution in [3.63, 3.8) is 0 Å². The number of fused-ring (bicyclic) bond motifs is 1. The average molecular weight is 1750 g/mol. The lowest BCUT2D eigenvalue weighted by atomic mass is 10.0. The van der Waals surface area contributed by atoms with Crippen molar-refractivity contribution in [3.05, 3.63) is 120 Å². The van der Waals surface area contributed by atoms with E-state index in [-0.39, 0.29) is 108 Å². The third-order valence-electron chi connectivity index (χ3n) is 20.6. The lowest BCUT2D eigenvalue weighted by Crippen LogP contribution is -2.61. The summed E-state index contributed by atoms with van der Waals surface area (Å²) in [6.07, 6.45) is 1.96. The van der Waals surface area contributed by atoms with Gasteiger partial charge in [0.05, 0.1) is 63.5 Å². The van der Waals surface area contributed by atoms with E-state index in [1.165, 1.54) is 48.6 Å². The molecule has 2 aliphatic heterocycles. The smallest absolute Gasteiger partial charge is 0.326 e. The number of aromatic amines is 2. The quantitative estimate of drug-likeness (QED) is 0.0161. The Labute approximate surface area is 717 Å². The largest absolute Gasteiger partial charge is 0.508 e. The number of carboxylic acids is 2. The van der Waals surface area contributed by atoms with Crippen LogP contribution in [0.15, 0.2) is 97.6 Å². The number of aromatic hydroxyl groups is 1. The lowest BCUT2D eigenvalue weighted by molar-refractivity contribution is -0.143. The minimum Gasteiger partial charge on any atom is -0.508 e. The number of phenols is 1. The third kappa shape index (κ3) is 30.2. The highest BCUT2D eigenvalue weighted by Gasteiger charge is 2.43. The summed E-state index contributed by atoms with van der Waals surface area (Å²) in [5.74, 6) is -18.7. The summed E-state index contributed by atoms with van der Waals surface area (Å²) in [5.41, 5.74) is 14.0. The van der Waals surface area contributed by atoms with Gasteiger partial charge < -0.3 is 136 Å². The van der Waals surface area contributed by atoms with Crippen LogP contribution < -0.4 is 80.6 Å². The molecule has 7 rings (SSSR count). The van der Waals surface area contributed by atoms with Crippen molar-refractivity contribution >= 4 is 111 Å². The molecule has 3 aromatic carbocycles. The number of hydrogen-bond donors (Lipinski definition) is 24. The standard InChI is InChI=1S/C81H112N20O24/c1-42(2)28-53(93-76(119)62-19-12-26-100(62)79(122)43(3)83)70(113)97-60(39-103)74(117)92-56(33-66(109)110)68(111)86-36-64(107)89-52(18-10-11-25-82)69(112)99-67(44(4)105)78(121)87-37-65(108)90-59(38-102)73(116)98-61(40-104)75(118)95-57(29-46-21-23-49(106)24-22-46)80(123)101-27-13-20-63(101)77(120)94-55(32-48-35-84-41-88-48)72(115)91-54(31-47-34-85-51-17-9-8-16-50(47)51)71(114)96-58(81(124)125)30-45-14-6-5-7-15-45/h5-9,14-17,21-24,34-35,41-44,52-63,67,85,102-106H,10-13,18-20,25-33,36-40,82-83H2,1-4H3,(H,84,88)(H,86,111)(H,87,121)(H,89,107)(H,90,108)(H,91,115)(H,92,117)(H,93,119)(H,94,120)(H,95,118)(H,96,114)(H,97,113)(H,98,116)(H,99,112)(H,109,110)(H,124,125)/t43-,44+,52-,53-,54-,55-,56-,57-,58-,59-,60-,61-,62-,63-,67-/m0/s1. The van der Waals surface area contributed by atoms with Crippen molar-refractivity contribution in [2.24, 2.45) is 17.4 Å². The van der Waals surface area contributed by atoms with Gasteiger partial charge in [-0.2, -0.15) is 0 Å². The zero-order valence-corrected chi connectivity index (χ0v) is 69.4. The number of nitrogens with two attached hydrogens (primary N) is 2. The van der Waals surface area contributed by atoms with Crippen LogP contribution in [0.25, 0.3) is 10.9 Å². The number of imidazole rings is 1. The second-order valence-corrected chi connectivity index (χ2v) is 30.8. The van der Waals surface area contributed by atoms with Crippen LogP contribution in [-0.4, -0.2) is 304 Å². The number of nitrogens with zero attached hydrogens (tertiary/aromatic N) is 3. The number of amides is 15. The Morgan fingerprint density at radius 1 is 0.496 bits per heavy atom. The number of likely N-dealkylation sites (tertiary alicyclic amines) is 2. The van der Waals surface area contributed by atoms with E-state index in [9.17, 15) is 117 Å². The number of rotatable bonds is 49. The molecular formula is C81H112N20O24. The van der Waals surface area contributed by atoms with Crippen LogP contribution in [0.2, 0.25) is 0 Å². The number of carbonyl (C=O) groups is 17. The molecule has 44 heteroatoms. The number of nitrogens with one attached hydrogen (secondary N) is 15. The van der Waals surface area contributed by atoms with Crippen LogP contribution in [0, 0.1) is 5.92 Å². The number of aliphatic carboxylic acids is 2.